The number of carboxylic acids is 1. The topological polar surface area (TPSA) is 61.4 Å². The van der Waals surface area contributed by atoms with Gasteiger partial charge >= 0.3 is 5.97 Å². The van der Waals surface area contributed by atoms with Crippen LogP contribution in [0.25, 0.3) is 0 Å². The van der Waals surface area contributed by atoms with Gasteiger partial charge in [-0.05, 0) is 30.4 Å². The second-order valence-electron chi connectivity index (χ2n) is 2.70. The number of nitrogens with one attached hydrogen (secondary N) is 2. The number of benzene rings is 1. The van der Waals surface area contributed by atoms with E-state index in [1.165, 1.54) is 12.1 Å². The molecule has 0 amide bonds. The summed E-state index contributed by atoms with van der Waals surface area (Å²) in [5, 5.41) is 15.0. The van der Waals surface area contributed by atoms with Crippen molar-refractivity contribution in [2.45, 2.75) is 0 Å². The maximum Gasteiger partial charge on any atom is 0.335 e. The molecule has 1 aromatic carbocycles. The fourth-order valence-electron chi connectivity index (χ4n) is 0.934. The number of carboxylic acid groups (broad SMARTS) is 1. The minimum Gasteiger partial charge on any atom is -0.478 e. The zero-order valence-electron chi connectivity index (χ0n) is 7.87. The van der Waals surface area contributed by atoms with E-state index in [1.807, 2.05) is 0 Å². The van der Waals surface area contributed by atoms with Crippen LogP contribution in [0.2, 0.25) is 5.02 Å². The Bertz CT molecular complexity index is 409. The summed E-state index contributed by atoms with van der Waals surface area (Å²) in [6, 6.07) is 4.38. The number of aromatic carboxylic acids is 1. The molecule has 0 unspecified atom stereocenters. The van der Waals surface area contributed by atoms with Crippen molar-refractivity contribution in [3.05, 3.63) is 28.8 Å². The van der Waals surface area contributed by atoms with Crippen molar-refractivity contribution in [1.82, 2.24) is 5.32 Å². The predicted octanol–water partition coefficient (Wildman–Crippen LogP) is 1.95. The summed E-state index contributed by atoms with van der Waals surface area (Å²) in [5.41, 5.74) is 0.710. The molecule has 4 nitrogen and oxygen atoms in total. The van der Waals surface area contributed by atoms with Gasteiger partial charge in [-0.25, -0.2) is 4.79 Å². The van der Waals surface area contributed by atoms with Crippen molar-refractivity contribution in [3.8, 4) is 0 Å². The zero-order chi connectivity index (χ0) is 11.4. The van der Waals surface area contributed by atoms with Gasteiger partial charge in [-0.3, -0.25) is 0 Å². The van der Waals surface area contributed by atoms with E-state index in [0.29, 0.717) is 15.8 Å². The van der Waals surface area contributed by atoms with Crippen LogP contribution >= 0.6 is 23.8 Å². The summed E-state index contributed by atoms with van der Waals surface area (Å²) >= 11 is 10.7. The number of anilines is 1. The quantitative estimate of drug-likeness (QED) is 0.695. The zero-order valence-corrected chi connectivity index (χ0v) is 9.45. The number of hydrogen-bond donors (Lipinski definition) is 3. The first-order valence-corrected chi connectivity index (χ1v) is 4.85. The van der Waals surface area contributed by atoms with Gasteiger partial charge in [-0.1, -0.05) is 11.6 Å². The first-order valence-electron chi connectivity index (χ1n) is 4.06. The van der Waals surface area contributed by atoms with Crippen LogP contribution in [0.5, 0.6) is 0 Å². The van der Waals surface area contributed by atoms with Crippen LogP contribution in [0.1, 0.15) is 10.4 Å². The molecule has 0 aliphatic heterocycles. The molecule has 0 aromatic heterocycles. The Balaban J connectivity index is 2.93. The van der Waals surface area contributed by atoms with Crippen molar-refractivity contribution in [2.24, 2.45) is 0 Å². The maximum absolute atomic E-state index is 10.6. The molecule has 0 atom stereocenters. The highest BCUT2D eigenvalue weighted by Crippen LogP contribution is 2.22. The molecule has 0 spiro atoms. The molecular weight excluding hydrogens is 236 g/mol. The lowest BCUT2D eigenvalue weighted by Crippen LogP contribution is -2.24. The second kappa shape index (κ2) is 4.95. The Labute approximate surface area is 97.2 Å². The highest BCUT2D eigenvalue weighted by Gasteiger charge is 2.07. The van der Waals surface area contributed by atoms with Crippen molar-refractivity contribution in [2.75, 3.05) is 12.4 Å². The Morgan fingerprint density at radius 2 is 2.20 bits per heavy atom. The minimum absolute atomic E-state index is 0.140. The third-order valence-corrected chi connectivity index (χ3v) is 2.31. The Kier molecular flexibility index (Phi) is 3.88. The van der Waals surface area contributed by atoms with Gasteiger partial charge in [0.25, 0.3) is 0 Å². The summed E-state index contributed by atoms with van der Waals surface area (Å²) in [7, 11) is 1.68. The molecule has 80 valence electrons. The van der Waals surface area contributed by atoms with E-state index in [9.17, 15) is 4.79 Å². The van der Waals surface area contributed by atoms with Gasteiger partial charge in [-0.2, -0.15) is 0 Å². The lowest BCUT2D eigenvalue weighted by atomic mass is 10.2. The van der Waals surface area contributed by atoms with Crippen molar-refractivity contribution in [3.63, 3.8) is 0 Å². The summed E-state index contributed by atoms with van der Waals surface area (Å²) in [4.78, 5) is 10.6. The fourth-order valence-corrected chi connectivity index (χ4v) is 1.27. The number of rotatable bonds is 2. The Hall–Kier alpha value is -1.33. The van der Waals surface area contributed by atoms with Gasteiger partial charge in [0.1, 0.15) is 0 Å². The van der Waals surface area contributed by atoms with Crippen LogP contribution in [-0.2, 0) is 0 Å². The van der Waals surface area contributed by atoms with E-state index in [2.05, 4.69) is 10.6 Å². The van der Waals surface area contributed by atoms with Gasteiger partial charge in [-0.15, -0.1) is 0 Å². The molecule has 1 rings (SSSR count). The molecule has 0 heterocycles. The van der Waals surface area contributed by atoms with Gasteiger partial charge < -0.3 is 15.7 Å². The first-order chi connectivity index (χ1) is 7.04. The van der Waals surface area contributed by atoms with Gasteiger partial charge in [0.2, 0.25) is 0 Å². The molecule has 0 bridgehead atoms. The number of thiocarbonyl (C=S) groups is 1. The molecule has 0 saturated carbocycles. The molecule has 6 heteroatoms. The van der Waals surface area contributed by atoms with Crippen molar-refractivity contribution >= 4 is 40.6 Å². The molecule has 0 saturated heterocycles. The normalized spacial score (nSPS) is 9.47. The van der Waals surface area contributed by atoms with E-state index >= 15 is 0 Å². The summed E-state index contributed by atoms with van der Waals surface area (Å²) in [6.07, 6.45) is 0. The van der Waals surface area contributed by atoms with E-state index in [-0.39, 0.29) is 5.56 Å². The number of hydrogen-bond acceptors (Lipinski definition) is 2. The molecule has 1 aromatic rings. The van der Waals surface area contributed by atoms with E-state index in [1.54, 1.807) is 13.1 Å². The van der Waals surface area contributed by atoms with Crippen LogP contribution in [0.15, 0.2) is 18.2 Å². The maximum atomic E-state index is 10.6. The third-order valence-electron chi connectivity index (χ3n) is 1.69. The lowest BCUT2D eigenvalue weighted by Gasteiger charge is -2.09. The monoisotopic (exact) mass is 244 g/mol. The van der Waals surface area contributed by atoms with Crippen LogP contribution in [0.4, 0.5) is 5.69 Å². The van der Waals surface area contributed by atoms with Crippen LogP contribution in [-0.4, -0.2) is 23.2 Å². The first kappa shape index (κ1) is 11.7. The van der Waals surface area contributed by atoms with Crippen molar-refractivity contribution in [1.29, 1.82) is 0 Å². The second-order valence-corrected chi connectivity index (χ2v) is 3.52. The molecule has 0 aliphatic rings. The van der Waals surface area contributed by atoms with Gasteiger partial charge in [0.15, 0.2) is 5.11 Å². The number of carbonyl (C=O) groups is 1. The van der Waals surface area contributed by atoms with Crippen LogP contribution in [0, 0.1) is 0 Å². The van der Waals surface area contributed by atoms with Crippen LogP contribution in [0.3, 0.4) is 0 Å². The fraction of sp³-hybridized carbons (Fsp3) is 0.111. The minimum atomic E-state index is -1.01. The molecule has 3 N–H and O–H groups in total. The van der Waals surface area contributed by atoms with Crippen molar-refractivity contribution < 1.29 is 9.90 Å². The molecule has 15 heavy (non-hydrogen) atoms. The highest BCUT2D eigenvalue weighted by molar-refractivity contribution is 7.80. The average molecular weight is 245 g/mol. The molecule has 0 fully saturated rings. The molecule has 0 radical (unpaired) electrons. The number of halogens is 1. The highest BCUT2D eigenvalue weighted by atomic mass is 35.5. The summed E-state index contributed by atoms with van der Waals surface area (Å²) in [5.74, 6) is -1.01. The Morgan fingerprint density at radius 3 is 2.67 bits per heavy atom. The molecule has 0 aliphatic carbocycles. The summed E-state index contributed by atoms with van der Waals surface area (Å²) < 4.78 is 0. The van der Waals surface area contributed by atoms with E-state index < -0.39 is 5.97 Å². The largest absolute Gasteiger partial charge is 0.478 e. The predicted molar refractivity (Wildman–Crippen MR) is 63.7 cm³/mol. The lowest BCUT2D eigenvalue weighted by molar-refractivity contribution is 0.0697. The molecular formula is C9H9ClN2O2S. The Morgan fingerprint density at radius 1 is 1.53 bits per heavy atom. The van der Waals surface area contributed by atoms with Gasteiger partial charge in [0.05, 0.1) is 16.3 Å². The van der Waals surface area contributed by atoms with E-state index in [4.69, 9.17) is 28.9 Å². The summed E-state index contributed by atoms with van der Waals surface area (Å²) in [6.45, 7) is 0. The SMILES string of the molecule is CNC(=S)Nc1ccc(C(=O)O)cc1Cl. The smallest absolute Gasteiger partial charge is 0.335 e. The standard InChI is InChI=1S/C9H9ClN2O2S/c1-11-9(15)12-7-3-2-5(8(13)14)4-6(7)10/h2-4H,1H3,(H,13,14)(H2,11,12,15). The average Bonchev–Trinajstić information content (AvgIpc) is 2.20. The van der Waals surface area contributed by atoms with Crippen LogP contribution < -0.4 is 10.6 Å². The third kappa shape index (κ3) is 3.07. The van der Waals surface area contributed by atoms with Gasteiger partial charge in [0, 0.05) is 7.05 Å². The van der Waals surface area contributed by atoms with E-state index in [0.717, 1.165) is 0 Å².